The predicted octanol–water partition coefficient (Wildman–Crippen LogP) is 1.87. The van der Waals surface area contributed by atoms with Gasteiger partial charge in [-0.1, -0.05) is 6.92 Å². The van der Waals surface area contributed by atoms with Gasteiger partial charge in [-0.05, 0) is 20.4 Å². The van der Waals surface area contributed by atoms with Crippen LogP contribution in [0.4, 0.5) is 13.2 Å². The Morgan fingerprint density at radius 1 is 1.36 bits per heavy atom. The van der Waals surface area contributed by atoms with Crippen LogP contribution in [-0.4, -0.2) is 43.8 Å². The third-order valence-electron chi connectivity index (χ3n) is 2.31. The van der Waals surface area contributed by atoms with Crippen LogP contribution in [0.15, 0.2) is 0 Å². The normalized spacial score (nSPS) is 14.8. The summed E-state index contributed by atoms with van der Waals surface area (Å²) >= 11 is 0. The van der Waals surface area contributed by atoms with Crippen molar-refractivity contribution in [2.24, 2.45) is 0 Å². The lowest BCUT2D eigenvalue weighted by atomic mass is 10.2. The van der Waals surface area contributed by atoms with Crippen molar-refractivity contribution in [2.45, 2.75) is 32.5 Å². The molecule has 0 aromatic heterocycles. The van der Waals surface area contributed by atoms with Crippen molar-refractivity contribution in [3.8, 4) is 0 Å². The van der Waals surface area contributed by atoms with Gasteiger partial charge in [0.2, 0.25) is 0 Å². The zero-order chi connectivity index (χ0) is 11.2. The molecular formula is C9H19F3N2. The number of hydrogen-bond donors (Lipinski definition) is 1. The average Bonchev–Trinajstić information content (AvgIpc) is 2.09. The van der Waals surface area contributed by atoms with Gasteiger partial charge in [-0.2, -0.15) is 13.2 Å². The predicted molar refractivity (Wildman–Crippen MR) is 51.3 cm³/mol. The summed E-state index contributed by atoms with van der Waals surface area (Å²) in [6.45, 7) is 4.24. The maximum Gasteiger partial charge on any atom is 0.401 e. The van der Waals surface area contributed by atoms with Gasteiger partial charge < -0.3 is 10.2 Å². The van der Waals surface area contributed by atoms with Crippen molar-refractivity contribution in [1.29, 1.82) is 0 Å². The Labute approximate surface area is 83.5 Å². The highest BCUT2D eigenvalue weighted by Crippen LogP contribution is 2.11. The Morgan fingerprint density at radius 2 is 1.93 bits per heavy atom. The quantitative estimate of drug-likeness (QED) is 0.676. The van der Waals surface area contributed by atoms with Gasteiger partial charge in [0, 0.05) is 19.1 Å². The molecule has 1 unspecified atom stereocenters. The molecule has 0 saturated heterocycles. The SMILES string of the molecule is CCC(C)N(C)CCNCC(F)(F)F. The molecule has 14 heavy (non-hydrogen) atoms. The zero-order valence-electron chi connectivity index (χ0n) is 8.99. The summed E-state index contributed by atoms with van der Waals surface area (Å²) in [6.07, 6.45) is -3.09. The number of hydrogen-bond acceptors (Lipinski definition) is 2. The molecule has 0 aliphatic rings. The van der Waals surface area contributed by atoms with Crippen LogP contribution in [0.5, 0.6) is 0 Å². The Hall–Kier alpha value is -0.290. The van der Waals surface area contributed by atoms with E-state index in [-0.39, 0.29) is 0 Å². The van der Waals surface area contributed by atoms with Crippen molar-refractivity contribution in [2.75, 3.05) is 26.7 Å². The van der Waals surface area contributed by atoms with E-state index in [9.17, 15) is 13.2 Å². The number of nitrogens with one attached hydrogen (secondary N) is 1. The first kappa shape index (κ1) is 13.7. The molecule has 2 nitrogen and oxygen atoms in total. The first-order valence-corrected chi connectivity index (χ1v) is 4.84. The monoisotopic (exact) mass is 212 g/mol. The zero-order valence-corrected chi connectivity index (χ0v) is 8.99. The third kappa shape index (κ3) is 7.15. The van der Waals surface area contributed by atoms with Crippen LogP contribution in [0.25, 0.3) is 0 Å². The molecule has 0 amide bonds. The van der Waals surface area contributed by atoms with E-state index in [4.69, 9.17) is 0 Å². The fourth-order valence-corrected chi connectivity index (χ4v) is 1.02. The van der Waals surface area contributed by atoms with Gasteiger partial charge in [0.15, 0.2) is 0 Å². The fraction of sp³-hybridized carbons (Fsp3) is 1.00. The lowest BCUT2D eigenvalue weighted by Crippen LogP contribution is -2.38. The molecule has 0 radical (unpaired) electrons. The van der Waals surface area contributed by atoms with Crippen molar-refractivity contribution in [3.05, 3.63) is 0 Å². The average molecular weight is 212 g/mol. The molecule has 0 aromatic rings. The standard InChI is InChI=1S/C9H19F3N2/c1-4-8(2)14(3)6-5-13-7-9(10,11)12/h8,13H,4-7H2,1-3H3. The second kappa shape index (κ2) is 6.24. The van der Waals surface area contributed by atoms with Crippen molar-refractivity contribution < 1.29 is 13.2 Å². The molecule has 0 bridgehead atoms. The Bertz CT molecular complexity index is 147. The molecule has 0 rings (SSSR count). The van der Waals surface area contributed by atoms with Crippen molar-refractivity contribution >= 4 is 0 Å². The molecule has 0 aliphatic carbocycles. The summed E-state index contributed by atoms with van der Waals surface area (Å²) in [5.74, 6) is 0. The molecule has 0 heterocycles. The molecule has 1 atom stereocenters. The Morgan fingerprint density at radius 3 is 2.36 bits per heavy atom. The summed E-state index contributed by atoms with van der Waals surface area (Å²) in [6, 6.07) is 0.419. The minimum atomic E-state index is -4.10. The molecule has 0 fully saturated rings. The van der Waals surface area contributed by atoms with E-state index in [1.54, 1.807) is 0 Å². The van der Waals surface area contributed by atoms with E-state index in [1.807, 2.05) is 11.9 Å². The molecular weight excluding hydrogens is 193 g/mol. The third-order valence-corrected chi connectivity index (χ3v) is 2.31. The van der Waals surface area contributed by atoms with E-state index in [2.05, 4.69) is 19.2 Å². The largest absolute Gasteiger partial charge is 0.401 e. The molecule has 0 aromatic carbocycles. The summed E-state index contributed by atoms with van der Waals surface area (Å²) in [5.41, 5.74) is 0. The van der Waals surface area contributed by atoms with E-state index in [1.165, 1.54) is 0 Å². The van der Waals surface area contributed by atoms with Gasteiger partial charge in [-0.25, -0.2) is 0 Å². The lowest BCUT2D eigenvalue weighted by molar-refractivity contribution is -0.124. The molecule has 0 aliphatic heterocycles. The summed E-state index contributed by atoms with van der Waals surface area (Å²) < 4.78 is 35.2. The minimum absolute atomic E-state index is 0.375. The first-order chi connectivity index (χ1) is 6.37. The van der Waals surface area contributed by atoms with Gasteiger partial charge >= 0.3 is 6.18 Å². The van der Waals surface area contributed by atoms with Crippen molar-refractivity contribution in [1.82, 2.24) is 10.2 Å². The highest BCUT2D eigenvalue weighted by molar-refractivity contribution is 4.63. The highest BCUT2D eigenvalue weighted by Gasteiger charge is 2.25. The van der Waals surface area contributed by atoms with Crippen LogP contribution in [-0.2, 0) is 0 Å². The lowest BCUT2D eigenvalue weighted by Gasteiger charge is -2.23. The number of nitrogens with zero attached hydrogens (tertiary/aromatic N) is 1. The summed E-state index contributed by atoms with van der Waals surface area (Å²) in [4.78, 5) is 2.05. The maximum absolute atomic E-state index is 11.7. The van der Waals surface area contributed by atoms with Gasteiger partial charge in [-0.15, -0.1) is 0 Å². The molecule has 0 spiro atoms. The van der Waals surface area contributed by atoms with Crippen LogP contribution < -0.4 is 5.32 Å². The second-order valence-corrected chi connectivity index (χ2v) is 3.53. The molecule has 1 N–H and O–H groups in total. The minimum Gasteiger partial charge on any atom is -0.307 e. The van der Waals surface area contributed by atoms with Crippen LogP contribution in [0, 0.1) is 0 Å². The smallest absolute Gasteiger partial charge is 0.307 e. The summed E-state index contributed by atoms with van der Waals surface area (Å²) in [7, 11) is 1.92. The topological polar surface area (TPSA) is 15.3 Å². The first-order valence-electron chi connectivity index (χ1n) is 4.84. The second-order valence-electron chi connectivity index (χ2n) is 3.53. The van der Waals surface area contributed by atoms with Gasteiger partial charge in [0.05, 0.1) is 6.54 Å². The van der Waals surface area contributed by atoms with E-state index in [0.29, 0.717) is 19.1 Å². The molecule has 0 saturated carbocycles. The summed E-state index contributed by atoms with van der Waals surface area (Å²) in [5, 5.41) is 2.37. The fourth-order valence-electron chi connectivity index (χ4n) is 1.02. The van der Waals surface area contributed by atoms with Gasteiger partial charge in [-0.3, -0.25) is 0 Å². The van der Waals surface area contributed by atoms with E-state index in [0.717, 1.165) is 6.42 Å². The van der Waals surface area contributed by atoms with Crippen LogP contribution in [0.1, 0.15) is 20.3 Å². The molecule has 5 heteroatoms. The Balaban J connectivity index is 3.45. The maximum atomic E-state index is 11.7. The number of rotatable bonds is 6. The van der Waals surface area contributed by atoms with E-state index < -0.39 is 12.7 Å². The van der Waals surface area contributed by atoms with Gasteiger partial charge in [0.25, 0.3) is 0 Å². The van der Waals surface area contributed by atoms with Gasteiger partial charge in [0.1, 0.15) is 0 Å². The number of halogens is 3. The van der Waals surface area contributed by atoms with Crippen LogP contribution in [0.3, 0.4) is 0 Å². The van der Waals surface area contributed by atoms with Crippen LogP contribution >= 0.6 is 0 Å². The Kier molecular flexibility index (Phi) is 6.11. The van der Waals surface area contributed by atoms with E-state index >= 15 is 0 Å². The van der Waals surface area contributed by atoms with Crippen molar-refractivity contribution in [3.63, 3.8) is 0 Å². The number of alkyl halides is 3. The highest BCUT2D eigenvalue weighted by atomic mass is 19.4. The van der Waals surface area contributed by atoms with Crippen LogP contribution in [0.2, 0.25) is 0 Å². The molecule has 86 valence electrons. The number of likely N-dealkylation sites (N-methyl/N-ethyl adjacent to an activating group) is 1.